The Morgan fingerprint density at radius 1 is 1.12 bits per heavy atom. The molecule has 0 N–H and O–H groups in total. The van der Waals surface area contributed by atoms with Crippen molar-refractivity contribution in [1.29, 1.82) is 0 Å². The van der Waals surface area contributed by atoms with Gasteiger partial charge in [-0.2, -0.15) is 0 Å². The number of methoxy groups -OCH3 is 1. The number of hydrogen-bond donors (Lipinski definition) is 0. The van der Waals surface area contributed by atoms with E-state index in [0.717, 1.165) is 29.5 Å². The first-order chi connectivity index (χ1) is 19.3. The van der Waals surface area contributed by atoms with E-state index in [9.17, 15) is 24.8 Å². The van der Waals surface area contributed by atoms with Crippen molar-refractivity contribution >= 4 is 34.8 Å². The highest BCUT2D eigenvalue weighted by molar-refractivity contribution is 7.07. The van der Waals surface area contributed by atoms with E-state index in [1.54, 1.807) is 31.2 Å². The standard InChI is InChI=1S/C29H23N3O7S/c1-3-39-28(35)24-25(17-8-5-4-6-9-17)30-29-31(26(24)18-10-7-11-21(15-18)38-2)27(34)23(40-29)16-19-14-20(32(36)37)12-13-22(19)33/h4-16,26,33H,3H2,1-2H3/p-1/b23-16-/t26-/m1/s1. The highest BCUT2D eigenvalue weighted by Gasteiger charge is 2.35. The Morgan fingerprint density at radius 3 is 2.60 bits per heavy atom. The summed E-state index contributed by atoms with van der Waals surface area (Å²) in [6, 6.07) is 18.5. The number of carbonyl (C=O) groups is 1. The lowest BCUT2D eigenvalue weighted by Crippen LogP contribution is -2.40. The van der Waals surface area contributed by atoms with Gasteiger partial charge < -0.3 is 14.6 Å². The zero-order chi connectivity index (χ0) is 28.4. The average molecular weight is 557 g/mol. The number of benzene rings is 3. The van der Waals surface area contributed by atoms with Crippen LogP contribution < -0.4 is 24.7 Å². The number of rotatable bonds is 7. The summed E-state index contributed by atoms with van der Waals surface area (Å²) < 4.78 is 12.4. The SMILES string of the molecule is CCOC(=O)C1=C(c2ccccc2)N=c2s/c(=C\c3cc([N+](=O)[O-])ccc3[O-])c(=O)n2[C@@H]1c1cccc(OC)c1. The van der Waals surface area contributed by atoms with E-state index in [1.807, 2.05) is 30.3 Å². The summed E-state index contributed by atoms with van der Waals surface area (Å²) in [5.74, 6) is -0.584. The quantitative estimate of drug-likeness (QED) is 0.194. The van der Waals surface area contributed by atoms with Crippen LogP contribution in [0.4, 0.5) is 5.69 Å². The van der Waals surface area contributed by atoms with Crippen LogP contribution in [0.3, 0.4) is 0 Å². The molecule has 0 aliphatic carbocycles. The number of non-ortho nitro benzene ring substituents is 1. The zero-order valence-electron chi connectivity index (χ0n) is 21.4. The van der Waals surface area contributed by atoms with Crippen LogP contribution >= 0.6 is 11.3 Å². The van der Waals surface area contributed by atoms with E-state index in [-0.39, 0.29) is 32.8 Å². The van der Waals surface area contributed by atoms with Gasteiger partial charge in [-0.05, 0) is 36.3 Å². The van der Waals surface area contributed by atoms with Crippen molar-refractivity contribution in [3.63, 3.8) is 0 Å². The predicted molar refractivity (Wildman–Crippen MR) is 147 cm³/mol. The van der Waals surface area contributed by atoms with Crippen LogP contribution in [0.5, 0.6) is 11.5 Å². The fraction of sp³-hybridized carbons (Fsp3) is 0.138. The molecule has 40 heavy (non-hydrogen) atoms. The molecule has 3 aromatic carbocycles. The fourth-order valence-electron chi connectivity index (χ4n) is 4.47. The number of hydrogen-bond acceptors (Lipinski definition) is 9. The molecule has 0 saturated carbocycles. The maximum Gasteiger partial charge on any atom is 0.338 e. The number of thiazole rings is 1. The summed E-state index contributed by atoms with van der Waals surface area (Å²) in [5, 5.41) is 23.8. The lowest BCUT2D eigenvalue weighted by molar-refractivity contribution is -0.385. The van der Waals surface area contributed by atoms with E-state index < -0.39 is 28.2 Å². The van der Waals surface area contributed by atoms with Gasteiger partial charge in [-0.25, -0.2) is 9.79 Å². The number of esters is 1. The van der Waals surface area contributed by atoms with Crippen molar-refractivity contribution in [2.24, 2.45) is 4.99 Å². The number of nitro groups is 1. The summed E-state index contributed by atoms with van der Waals surface area (Å²) >= 11 is 1.02. The molecule has 0 radical (unpaired) electrons. The van der Waals surface area contributed by atoms with E-state index in [4.69, 9.17) is 14.5 Å². The maximum absolute atomic E-state index is 13.9. The molecule has 1 aliphatic rings. The molecule has 202 valence electrons. The van der Waals surface area contributed by atoms with Crippen molar-refractivity contribution in [2.75, 3.05) is 13.7 Å². The lowest BCUT2D eigenvalue weighted by atomic mass is 9.93. The number of nitrogens with zero attached hydrogens (tertiary/aromatic N) is 3. The third kappa shape index (κ3) is 4.90. The van der Waals surface area contributed by atoms with Gasteiger partial charge >= 0.3 is 5.97 Å². The number of aromatic nitrogens is 1. The summed E-state index contributed by atoms with van der Waals surface area (Å²) in [6.07, 6.45) is 1.32. The van der Waals surface area contributed by atoms with Crippen molar-refractivity contribution in [3.8, 4) is 11.5 Å². The van der Waals surface area contributed by atoms with Crippen LogP contribution in [0.25, 0.3) is 11.8 Å². The summed E-state index contributed by atoms with van der Waals surface area (Å²) in [4.78, 5) is 43.1. The van der Waals surface area contributed by atoms with Gasteiger partial charge in [0.1, 0.15) is 5.75 Å². The van der Waals surface area contributed by atoms with Gasteiger partial charge in [-0.1, -0.05) is 59.9 Å². The van der Waals surface area contributed by atoms with Crippen LogP contribution in [0.2, 0.25) is 0 Å². The Morgan fingerprint density at radius 2 is 1.90 bits per heavy atom. The largest absolute Gasteiger partial charge is 0.872 e. The van der Waals surface area contributed by atoms with Crippen molar-refractivity contribution in [2.45, 2.75) is 13.0 Å². The molecule has 1 aromatic heterocycles. The highest BCUT2D eigenvalue weighted by Crippen LogP contribution is 2.36. The third-order valence-electron chi connectivity index (χ3n) is 6.27. The summed E-state index contributed by atoms with van der Waals surface area (Å²) in [7, 11) is 1.52. The van der Waals surface area contributed by atoms with Crippen LogP contribution in [0.15, 0.2) is 88.2 Å². The minimum absolute atomic E-state index is 0.00899. The van der Waals surface area contributed by atoms with E-state index in [1.165, 1.54) is 17.8 Å². The van der Waals surface area contributed by atoms with Crippen molar-refractivity contribution in [3.05, 3.63) is 125 Å². The highest BCUT2D eigenvalue weighted by atomic mass is 32.1. The van der Waals surface area contributed by atoms with E-state index >= 15 is 0 Å². The molecule has 4 aromatic rings. The number of fused-ring (bicyclic) bond motifs is 1. The smallest absolute Gasteiger partial charge is 0.338 e. The Bertz CT molecular complexity index is 1840. The minimum Gasteiger partial charge on any atom is -0.872 e. The van der Waals surface area contributed by atoms with Crippen LogP contribution in [-0.4, -0.2) is 29.2 Å². The Hall–Kier alpha value is -5.03. The van der Waals surface area contributed by atoms with Gasteiger partial charge in [0, 0.05) is 17.7 Å². The zero-order valence-corrected chi connectivity index (χ0v) is 22.2. The molecule has 2 heterocycles. The number of ether oxygens (including phenoxy) is 2. The van der Waals surface area contributed by atoms with E-state index in [0.29, 0.717) is 22.6 Å². The molecular weight excluding hydrogens is 534 g/mol. The molecule has 0 unspecified atom stereocenters. The monoisotopic (exact) mass is 556 g/mol. The summed E-state index contributed by atoms with van der Waals surface area (Å²) in [6.45, 7) is 1.80. The molecule has 10 nitrogen and oxygen atoms in total. The van der Waals surface area contributed by atoms with Gasteiger partial charge in [-0.15, -0.1) is 5.75 Å². The molecular formula is C29H22N3O7S-. The molecule has 5 rings (SSSR count). The lowest BCUT2D eigenvalue weighted by Gasteiger charge is -2.26. The maximum atomic E-state index is 13.9. The van der Waals surface area contributed by atoms with Gasteiger partial charge in [0.2, 0.25) is 0 Å². The minimum atomic E-state index is -0.931. The van der Waals surface area contributed by atoms with Gasteiger partial charge in [0.25, 0.3) is 11.2 Å². The van der Waals surface area contributed by atoms with E-state index in [2.05, 4.69) is 0 Å². The molecule has 0 saturated heterocycles. The second kappa shape index (κ2) is 11.0. The van der Waals surface area contributed by atoms with Crippen LogP contribution in [0.1, 0.15) is 29.7 Å². The fourth-order valence-corrected chi connectivity index (χ4v) is 5.46. The first-order valence-electron chi connectivity index (χ1n) is 12.2. The number of nitro benzene ring substituents is 1. The Labute approximate surface area is 231 Å². The van der Waals surface area contributed by atoms with Gasteiger partial charge in [0.15, 0.2) is 4.80 Å². The summed E-state index contributed by atoms with van der Waals surface area (Å²) in [5.41, 5.74) is 0.945. The third-order valence-corrected chi connectivity index (χ3v) is 7.26. The molecule has 11 heteroatoms. The number of carbonyl (C=O) groups excluding carboxylic acids is 1. The topological polar surface area (TPSA) is 136 Å². The molecule has 0 fully saturated rings. The first kappa shape index (κ1) is 26.6. The molecule has 1 atom stereocenters. The second-order valence-corrected chi connectivity index (χ2v) is 9.70. The first-order valence-corrected chi connectivity index (χ1v) is 13.0. The molecule has 1 aliphatic heterocycles. The average Bonchev–Trinajstić information content (AvgIpc) is 3.28. The Kier molecular flexibility index (Phi) is 7.30. The molecule has 0 spiro atoms. The normalized spacial score (nSPS) is 14.8. The van der Waals surface area contributed by atoms with Crippen LogP contribution in [0, 0.1) is 10.1 Å². The van der Waals surface area contributed by atoms with Gasteiger partial charge in [-0.3, -0.25) is 19.5 Å². The van der Waals surface area contributed by atoms with Crippen molar-refractivity contribution < 1.29 is 24.3 Å². The molecule has 0 bridgehead atoms. The van der Waals surface area contributed by atoms with Gasteiger partial charge in [0.05, 0.1) is 40.5 Å². The Balaban J connectivity index is 1.84. The molecule has 0 amide bonds. The second-order valence-electron chi connectivity index (χ2n) is 8.69. The van der Waals surface area contributed by atoms with Crippen molar-refractivity contribution in [1.82, 2.24) is 4.57 Å². The van der Waals surface area contributed by atoms with Crippen LogP contribution in [-0.2, 0) is 9.53 Å². The predicted octanol–water partition coefficient (Wildman–Crippen LogP) is 2.93.